The molecule has 1 aliphatic carbocycles. The van der Waals surface area contributed by atoms with Crippen LogP contribution in [-0.4, -0.2) is 24.3 Å². The van der Waals surface area contributed by atoms with Crippen LogP contribution < -0.4 is 0 Å². The predicted octanol–water partition coefficient (Wildman–Crippen LogP) is 3.58. The average Bonchev–Trinajstić information content (AvgIpc) is 2.94. The van der Waals surface area contributed by atoms with Crippen LogP contribution in [0, 0.1) is 0 Å². The van der Waals surface area contributed by atoms with Crippen LogP contribution in [-0.2, 0) is 6.54 Å². The second-order valence-corrected chi connectivity index (χ2v) is 5.57. The Bertz CT molecular complexity index is 402. The summed E-state index contributed by atoms with van der Waals surface area (Å²) in [6.45, 7) is 3.04. The van der Waals surface area contributed by atoms with E-state index in [2.05, 4.69) is 34.2 Å². The molecule has 0 atom stereocenters. The molecule has 1 aromatic carbocycles. The fraction of sp³-hybridized carbons (Fsp3) is 0.562. The summed E-state index contributed by atoms with van der Waals surface area (Å²) in [6.07, 6.45) is 9.02. The SMILES string of the molecule is C1=NCCN1Cc1ccc(C2CCCCC2)cc1. The molecule has 0 amide bonds. The minimum Gasteiger partial charge on any atom is -0.357 e. The zero-order chi connectivity index (χ0) is 12.2. The van der Waals surface area contributed by atoms with Crippen molar-refractivity contribution in [1.29, 1.82) is 0 Å². The summed E-state index contributed by atoms with van der Waals surface area (Å²) >= 11 is 0. The highest BCUT2D eigenvalue weighted by Gasteiger charge is 2.15. The Labute approximate surface area is 110 Å². The molecular formula is C16H22N2. The number of hydrogen-bond acceptors (Lipinski definition) is 2. The summed E-state index contributed by atoms with van der Waals surface area (Å²) in [4.78, 5) is 6.54. The third-order valence-electron chi connectivity index (χ3n) is 4.20. The van der Waals surface area contributed by atoms with Gasteiger partial charge in [-0.3, -0.25) is 4.99 Å². The summed E-state index contributed by atoms with van der Waals surface area (Å²) in [5, 5.41) is 0. The van der Waals surface area contributed by atoms with Gasteiger partial charge in [0.2, 0.25) is 0 Å². The smallest absolute Gasteiger partial charge is 0.0854 e. The zero-order valence-electron chi connectivity index (χ0n) is 11.0. The van der Waals surface area contributed by atoms with Crippen LogP contribution in [0.3, 0.4) is 0 Å². The van der Waals surface area contributed by atoms with E-state index in [0.717, 1.165) is 25.6 Å². The van der Waals surface area contributed by atoms with Crippen molar-refractivity contribution in [3.8, 4) is 0 Å². The monoisotopic (exact) mass is 242 g/mol. The molecule has 1 heterocycles. The Hall–Kier alpha value is -1.31. The van der Waals surface area contributed by atoms with Gasteiger partial charge in [0.05, 0.1) is 12.9 Å². The van der Waals surface area contributed by atoms with Gasteiger partial charge < -0.3 is 4.90 Å². The van der Waals surface area contributed by atoms with Gasteiger partial charge in [0.15, 0.2) is 0 Å². The van der Waals surface area contributed by atoms with Crippen molar-refractivity contribution < 1.29 is 0 Å². The van der Waals surface area contributed by atoms with E-state index in [-0.39, 0.29) is 0 Å². The molecule has 0 radical (unpaired) electrons. The average molecular weight is 242 g/mol. The molecule has 0 unspecified atom stereocenters. The van der Waals surface area contributed by atoms with Crippen LogP contribution in [0.1, 0.15) is 49.1 Å². The van der Waals surface area contributed by atoms with Crippen molar-refractivity contribution in [2.75, 3.05) is 13.1 Å². The Morgan fingerprint density at radius 1 is 1.06 bits per heavy atom. The molecule has 0 aromatic heterocycles. The highest BCUT2D eigenvalue weighted by atomic mass is 15.2. The molecule has 2 heteroatoms. The van der Waals surface area contributed by atoms with Crippen LogP contribution in [0.2, 0.25) is 0 Å². The van der Waals surface area contributed by atoms with Crippen LogP contribution >= 0.6 is 0 Å². The minimum atomic E-state index is 0.821. The van der Waals surface area contributed by atoms with Gasteiger partial charge in [0.25, 0.3) is 0 Å². The molecule has 2 nitrogen and oxygen atoms in total. The van der Waals surface area contributed by atoms with Crippen LogP contribution in [0.5, 0.6) is 0 Å². The molecule has 0 bridgehead atoms. The molecule has 1 aliphatic heterocycles. The number of benzene rings is 1. The molecule has 1 saturated carbocycles. The highest BCUT2D eigenvalue weighted by Crippen LogP contribution is 2.32. The predicted molar refractivity (Wildman–Crippen MR) is 76.0 cm³/mol. The second-order valence-electron chi connectivity index (χ2n) is 5.57. The standard InChI is InChI=1S/C16H22N2/c1-2-4-15(5-3-1)16-8-6-14(7-9-16)12-18-11-10-17-13-18/h6-9,13,15H,1-5,10-12H2. The van der Waals surface area contributed by atoms with E-state index in [1.807, 2.05) is 6.34 Å². The van der Waals surface area contributed by atoms with E-state index >= 15 is 0 Å². The molecule has 3 rings (SSSR count). The number of nitrogens with zero attached hydrogens (tertiary/aromatic N) is 2. The lowest BCUT2D eigenvalue weighted by molar-refractivity contribution is 0.442. The number of hydrogen-bond donors (Lipinski definition) is 0. The van der Waals surface area contributed by atoms with Gasteiger partial charge in [-0.05, 0) is 29.9 Å². The maximum absolute atomic E-state index is 4.25. The lowest BCUT2D eigenvalue weighted by Gasteiger charge is -2.22. The number of rotatable bonds is 3. The van der Waals surface area contributed by atoms with Crippen molar-refractivity contribution in [3.63, 3.8) is 0 Å². The third kappa shape index (κ3) is 2.74. The Balaban J connectivity index is 1.62. The molecule has 18 heavy (non-hydrogen) atoms. The molecule has 0 spiro atoms. The van der Waals surface area contributed by atoms with Gasteiger partial charge in [-0.15, -0.1) is 0 Å². The molecule has 2 aliphatic rings. The van der Waals surface area contributed by atoms with Crippen molar-refractivity contribution in [1.82, 2.24) is 4.90 Å². The lowest BCUT2D eigenvalue weighted by Crippen LogP contribution is -2.18. The molecule has 1 aromatic rings. The normalized spacial score (nSPS) is 20.6. The fourth-order valence-corrected chi connectivity index (χ4v) is 3.10. The van der Waals surface area contributed by atoms with Crippen molar-refractivity contribution in [2.45, 2.75) is 44.6 Å². The van der Waals surface area contributed by atoms with Crippen molar-refractivity contribution >= 4 is 6.34 Å². The molecular weight excluding hydrogens is 220 g/mol. The highest BCUT2D eigenvalue weighted by molar-refractivity contribution is 5.57. The maximum Gasteiger partial charge on any atom is 0.0854 e. The molecule has 1 fully saturated rings. The summed E-state index contributed by atoms with van der Waals surface area (Å²) in [5.41, 5.74) is 2.96. The van der Waals surface area contributed by atoms with E-state index in [0.29, 0.717) is 0 Å². The van der Waals surface area contributed by atoms with Crippen LogP contribution in [0.25, 0.3) is 0 Å². The van der Waals surface area contributed by atoms with Crippen molar-refractivity contribution in [3.05, 3.63) is 35.4 Å². The Kier molecular flexibility index (Phi) is 3.63. The lowest BCUT2D eigenvalue weighted by atomic mass is 9.84. The summed E-state index contributed by atoms with van der Waals surface area (Å²) < 4.78 is 0. The van der Waals surface area contributed by atoms with Gasteiger partial charge in [-0.25, -0.2) is 0 Å². The first kappa shape index (κ1) is 11.8. The van der Waals surface area contributed by atoms with E-state index in [9.17, 15) is 0 Å². The number of aliphatic imine (C=N–C) groups is 1. The van der Waals surface area contributed by atoms with Gasteiger partial charge >= 0.3 is 0 Å². The van der Waals surface area contributed by atoms with E-state index < -0.39 is 0 Å². The fourth-order valence-electron chi connectivity index (χ4n) is 3.10. The summed E-state index contributed by atoms with van der Waals surface area (Å²) in [7, 11) is 0. The first-order valence-corrected chi connectivity index (χ1v) is 7.25. The summed E-state index contributed by atoms with van der Waals surface area (Å²) in [5.74, 6) is 0.821. The summed E-state index contributed by atoms with van der Waals surface area (Å²) in [6, 6.07) is 9.29. The minimum absolute atomic E-state index is 0.821. The molecule has 0 saturated heterocycles. The first-order valence-electron chi connectivity index (χ1n) is 7.25. The van der Waals surface area contributed by atoms with E-state index in [1.165, 1.54) is 37.7 Å². The van der Waals surface area contributed by atoms with Gasteiger partial charge in [-0.2, -0.15) is 0 Å². The second kappa shape index (κ2) is 5.55. The molecule has 0 N–H and O–H groups in total. The van der Waals surface area contributed by atoms with Crippen molar-refractivity contribution in [2.24, 2.45) is 4.99 Å². The first-order chi connectivity index (χ1) is 8.92. The van der Waals surface area contributed by atoms with E-state index in [1.54, 1.807) is 5.56 Å². The van der Waals surface area contributed by atoms with Gasteiger partial charge in [0, 0.05) is 13.1 Å². The van der Waals surface area contributed by atoms with E-state index in [4.69, 9.17) is 0 Å². The Morgan fingerprint density at radius 2 is 1.83 bits per heavy atom. The Morgan fingerprint density at radius 3 is 2.50 bits per heavy atom. The third-order valence-corrected chi connectivity index (χ3v) is 4.20. The molecule has 96 valence electrons. The van der Waals surface area contributed by atoms with Crippen LogP contribution in [0.4, 0.5) is 0 Å². The maximum atomic E-state index is 4.25. The van der Waals surface area contributed by atoms with Gasteiger partial charge in [0.1, 0.15) is 0 Å². The topological polar surface area (TPSA) is 15.6 Å². The largest absolute Gasteiger partial charge is 0.357 e. The van der Waals surface area contributed by atoms with Crippen LogP contribution in [0.15, 0.2) is 29.3 Å². The zero-order valence-corrected chi connectivity index (χ0v) is 11.0. The quantitative estimate of drug-likeness (QED) is 0.791. The van der Waals surface area contributed by atoms with Gasteiger partial charge in [-0.1, -0.05) is 43.5 Å².